The zero-order valence-corrected chi connectivity index (χ0v) is 11.5. The molecule has 4 heteroatoms. The molecule has 0 fully saturated rings. The van der Waals surface area contributed by atoms with Crippen molar-refractivity contribution in [2.24, 2.45) is 0 Å². The predicted molar refractivity (Wildman–Crippen MR) is 74.0 cm³/mol. The average Bonchev–Trinajstić information content (AvgIpc) is 2.25. The van der Waals surface area contributed by atoms with E-state index < -0.39 is 0 Å². The number of rotatable bonds is 5. The monoisotopic (exact) mass is 250 g/mol. The summed E-state index contributed by atoms with van der Waals surface area (Å²) in [5.74, 6) is 0.239. The van der Waals surface area contributed by atoms with Crippen LogP contribution in [0.4, 0.5) is 5.69 Å². The third kappa shape index (κ3) is 4.37. The number of phenolic OH excluding ortho intramolecular Hbond substituents is 1. The first kappa shape index (κ1) is 14.5. The lowest BCUT2D eigenvalue weighted by Gasteiger charge is -2.11. The van der Waals surface area contributed by atoms with Gasteiger partial charge >= 0.3 is 0 Å². The van der Waals surface area contributed by atoms with Crippen LogP contribution in [0.2, 0.25) is 0 Å². The van der Waals surface area contributed by atoms with Gasteiger partial charge < -0.3 is 15.7 Å². The predicted octanol–water partition coefficient (Wildman–Crippen LogP) is 2.34. The van der Waals surface area contributed by atoms with Crippen LogP contribution >= 0.6 is 0 Å². The molecule has 3 N–H and O–H groups in total. The summed E-state index contributed by atoms with van der Waals surface area (Å²) in [5, 5.41) is 15.6. The Bertz CT molecular complexity index is 428. The number of hydrogen-bond donors (Lipinski definition) is 3. The van der Waals surface area contributed by atoms with E-state index in [2.05, 4.69) is 10.6 Å². The summed E-state index contributed by atoms with van der Waals surface area (Å²) in [6.07, 6.45) is 0.442. The zero-order valence-electron chi connectivity index (χ0n) is 11.5. The summed E-state index contributed by atoms with van der Waals surface area (Å²) in [6, 6.07) is 3.84. The second-order valence-corrected chi connectivity index (χ2v) is 4.86. The van der Waals surface area contributed by atoms with Crippen LogP contribution in [-0.2, 0) is 4.79 Å². The van der Waals surface area contributed by atoms with Gasteiger partial charge in [0, 0.05) is 24.7 Å². The molecule has 18 heavy (non-hydrogen) atoms. The molecule has 0 heterocycles. The van der Waals surface area contributed by atoms with E-state index in [1.807, 2.05) is 27.7 Å². The third-order valence-electron chi connectivity index (χ3n) is 2.72. The number of nitrogens with one attached hydrogen (secondary N) is 2. The molecule has 0 aliphatic carbocycles. The van der Waals surface area contributed by atoms with Gasteiger partial charge in [-0.3, -0.25) is 4.79 Å². The van der Waals surface area contributed by atoms with Crippen LogP contribution < -0.4 is 10.6 Å². The van der Waals surface area contributed by atoms with E-state index in [4.69, 9.17) is 0 Å². The topological polar surface area (TPSA) is 61.4 Å². The fraction of sp³-hybridized carbons (Fsp3) is 0.500. The molecule has 0 atom stereocenters. The van der Waals surface area contributed by atoms with Crippen molar-refractivity contribution >= 4 is 11.6 Å². The highest BCUT2D eigenvalue weighted by Crippen LogP contribution is 2.24. The normalized spacial score (nSPS) is 10.7. The number of benzene rings is 1. The third-order valence-corrected chi connectivity index (χ3v) is 2.72. The van der Waals surface area contributed by atoms with Crippen molar-refractivity contribution in [1.82, 2.24) is 5.32 Å². The van der Waals surface area contributed by atoms with Gasteiger partial charge in [-0.15, -0.1) is 0 Å². The molecule has 1 amide bonds. The number of carbonyl (C=O) groups excluding carboxylic acids is 1. The number of amides is 1. The Morgan fingerprint density at radius 3 is 2.56 bits per heavy atom. The molecule has 4 nitrogen and oxygen atoms in total. The lowest BCUT2D eigenvalue weighted by Crippen LogP contribution is -2.27. The van der Waals surface area contributed by atoms with Crippen molar-refractivity contribution in [3.05, 3.63) is 23.3 Å². The van der Waals surface area contributed by atoms with E-state index in [1.165, 1.54) is 0 Å². The highest BCUT2D eigenvalue weighted by atomic mass is 16.3. The number of hydrogen-bond acceptors (Lipinski definition) is 3. The van der Waals surface area contributed by atoms with Crippen molar-refractivity contribution < 1.29 is 9.90 Å². The molecular weight excluding hydrogens is 228 g/mol. The average molecular weight is 250 g/mol. The minimum Gasteiger partial charge on any atom is -0.508 e. The molecule has 0 bridgehead atoms. The van der Waals surface area contributed by atoms with Gasteiger partial charge in [0.2, 0.25) is 5.91 Å². The van der Waals surface area contributed by atoms with Crippen LogP contribution in [-0.4, -0.2) is 23.6 Å². The summed E-state index contributed by atoms with van der Waals surface area (Å²) in [7, 11) is 0. The van der Waals surface area contributed by atoms with Crippen molar-refractivity contribution in [2.45, 2.75) is 40.2 Å². The molecule has 0 spiro atoms. The van der Waals surface area contributed by atoms with Gasteiger partial charge in [0.15, 0.2) is 0 Å². The first-order valence-electron chi connectivity index (χ1n) is 6.23. The maximum absolute atomic E-state index is 11.7. The van der Waals surface area contributed by atoms with Gasteiger partial charge in [-0.25, -0.2) is 0 Å². The molecule has 0 aromatic heterocycles. The second-order valence-electron chi connectivity index (χ2n) is 4.86. The van der Waals surface area contributed by atoms with Gasteiger partial charge in [-0.05, 0) is 37.1 Å². The van der Waals surface area contributed by atoms with Crippen LogP contribution in [0.5, 0.6) is 5.75 Å². The minimum atomic E-state index is -0.0173. The number of aromatic hydroxyl groups is 1. The number of phenols is 1. The molecule has 1 aromatic carbocycles. The van der Waals surface area contributed by atoms with E-state index in [9.17, 15) is 9.90 Å². The Hall–Kier alpha value is -1.55. The summed E-state index contributed by atoms with van der Waals surface area (Å²) < 4.78 is 0. The van der Waals surface area contributed by atoms with E-state index in [0.29, 0.717) is 19.0 Å². The van der Waals surface area contributed by atoms with E-state index in [-0.39, 0.29) is 11.7 Å². The van der Waals surface area contributed by atoms with Crippen LogP contribution in [0.25, 0.3) is 0 Å². The molecule has 100 valence electrons. The van der Waals surface area contributed by atoms with Gasteiger partial charge in [0.05, 0.1) is 0 Å². The molecule has 0 aliphatic heterocycles. The summed E-state index contributed by atoms with van der Waals surface area (Å²) in [6.45, 7) is 8.43. The number of aryl methyl sites for hydroxylation is 2. The van der Waals surface area contributed by atoms with Gasteiger partial charge in [-0.2, -0.15) is 0 Å². The first-order chi connectivity index (χ1) is 8.40. The minimum absolute atomic E-state index is 0.0173. The van der Waals surface area contributed by atoms with E-state index in [1.54, 1.807) is 12.1 Å². The molecule has 0 unspecified atom stereocenters. The Morgan fingerprint density at radius 1 is 1.28 bits per heavy atom. The molecule has 0 radical (unpaired) electrons. The van der Waals surface area contributed by atoms with Gasteiger partial charge in [0.1, 0.15) is 5.75 Å². The van der Waals surface area contributed by atoms with Crippen molar-refractivity contribution in [1.29, 1.82) is 0 Å². The van der Waals surface area contributed by atoms with Crippen molar-refractivity contribution in [3.63, 3.8) is 0 Å². The fourth-order valence-electron chi connectivity index (χ4n) is 1.62. The molecular formula is C14H22N2O2. The van der Waals surface area contributed by atoms with E-state index in [0.717, 1.165) is 16.8 Å². The maximum Gasteiger partial charge on any atom is 0.225 e. The lowest BCUT2D eigenvalue weighted by atomic mass is 10.1. The first-order valence-corrected chi connectivity index (χ1v) is 6.23. The second kappa shape index (κ2) is 6.40. The van der Waals surface area contributed by atoms with Crippen molar-refractivity contribution in [2.75, 3.05) is 11.9 Å². The van der Waals surface area contributed by atoms with Crippen LogP contribution in [0.3, 0.4) is 0 Å². The van der Waals surface area contributed by atoms with E-state index >= 15 is 0 Å². The largest absolute Gasteiger partial charge is 0.508 e. The van der Waals surface area contributed by atoms with Crippen LogP contribution in [0.1, 0.15) is 31.4 Å². The molecule has 0 saturated carbocycles. The standard InChI is InChI=1S/C14H22N2O2/c1-9(2)15-6-5-14(18)16-12-7-11(4)13(17)8-10(12)3/h7-9,15,17H,5-6H2,1-4H3,(H,16,18). The quantitative estimate of drug-likeness (QED) is 0.703. The number of carbonyl (C=O) groups is 1. The SMILES string of the molecule is Cc1cc(NC(=O)CCNC(C)C)c(C)cc1O. The Morgan fingerprint density at radius 2 is 1.94 bits per heavy atom. The maximum atomic E-state index is 11.7. The molecule has 1 aromatic rings. The highest BCUT2D eigenvalue weighted by Gasteiger charge is 2.07. The molecule has 0 saturated heterocycles. The van der Waals surface area contributed by atoms with Gasteiger partial charge in [-0.1, -0.05) is 13.8 Å². The lowest BCUT2D eigenvalue weighted by molar-refractivity contribution is -0.116. The van der Waals surface area contributed by atoms with Crippen LogP contribution in [0.15, 0.2) is 12.1 Å². The molecule has 0 aliphatic rings. The van der Waals surface area contributed by atoms with Crippen molar-refractivity contribution in [3.8, 4) is 5.75 Å². The summed E-state index contributed by atoms with van der Waals surface area (Å²) in [4.78, 5) is 11.7. The Kier molecular flexibility index (Phi) is 5.16. The summed E-state index contributed by atoms with van der Waals surface area (Å²) >= 11 is 0. The number of anilines is 1. The zero-order chi connectivity index (χ0) is 13.7. The van der Waals surface area contributed by atoms with Crippen LogP contribution in [0, 0.1) is 13.8 Å². The fourth-order valence-corrected chi connectivity index (χ4v) is 1.62. The Balaban J connectivity index is 2.57. The van der Waals surface area contributed by atoms with Gasteiger partial charge in [0.25, 0.3) is 0 Å². The molecule has 1 rings (SSSR count). The Labute approximate surface area is 108 Å². The smallest absolute Gasteiger partial charge is 0.225 e. The highest BCUT2D eigenvalue weighted by molar-refractivity contribution is 5.91. The summed E-state index contributed by atoms with van der Waals surface area (Å²) in [5.41, 5.74) is 2.39.